The number of allylic oxidation sites excluding steroid dienone is 4. The van der Waals surface area contributed by atoms with Crippen molar-refractivity contribution in [1.29, 1.82) is 0 Å². The monoisotopic (exact) mass is 355 g/mol. The van der Waals surface area contributed by atoms with E-state index < -0.39 is 5.41 Å². The summed E-state index contributed by atoms with van der Waals surface area (Å²) in [6.07, 6.45) is 2.99. The Labute approximate surface area is 141 Å². The Hall–Kier alpha value is -1.27. The van der Waals surface area contributed by atoms with Crippen LogP contribution in [0.1, 0.15) is 19.4 Å². The van der Waals surface area contributed by atoms with Gasteiger partial charge >= 0.3 is 0 Å². The molecule has 4 nitrogen and oxygen atoms in total. The van der Waals surface area contributed by atoms with E-state index in [4.69, 9.17) is 27.8 Å². The Kier molecular flexibility index (Phi) is 3.64. The molecule has 114 valence electrons. The third-order valence-electron chi connectivity index (χ3n) is 3.87. The normalized spacial score (nSPS) is 19.0. The smallest absolute Gasteiger partial charge is 0.194 e. The first-order chi connectivity index (χ1) is 10.3. The molecular formula is C15H11Cl2NO3S. The molecule has 1 aromatic carbocycles. The van der Waals surface area contributed by atoms with Gasteiger partial charge in [-0.1, -0.05) is 37.0 Å². The minimum absolute atomic E-state index is 0.115. The van der Waals surface area contributed by atoms with E-state index in [1.165, 1.54) is 6.08 Å². The molecule has 0 unspecified atom stereocenters. The van der Waals surface area contributed by atoms with E-state index in [1.54, 1.807) is 12.1 Å². The first-order valence-electron chi connectivity index (χ1n) is 6.37. The van der Waals surface area contributed by atoms with Gasteiger partial charge in [0, 0.05) is 23.0 Å². The van der Waals surface area contributed by atoms with Crippen LogP contribution in [-0.2, 0) is 10.2 Å². The van der Waals surface area contributed by atoms with Crippen LogP contribution in [0, 0.1) is 0 Å². The van der Waals surface area contributed by atoms with E-state index >= 15 is 0 Å². The summed E-state index contributed by atoms with van der Waals surface area (Å²) in [5.41, 5.74) is 1.78. The second-order valence-corrected chi connectivity index (χ2v) is 6.97. The number of hydrogen-bond donors (Lipinski definition) is 2. The quantitative estimate of drug-likeness (QED) is 0.567. The van der Waals surface area contributed by atoms with Gasteiger partial charge in [-0.25, -0.2) is 4.99 Å². The lowest BCUT2D eigenvalue weighted by atomic mass is 9.71. The number of fused-ring (bicyclic) bond motifs is 2. The number of carbonyl (C=O) groups is 1. The number of halogens is 2. The van der Waals surface area contributed by atoms with Crippen LogP contribution in [0.25, 0.3) is 0 Å². The van der Waals surface area contributed by atoms with Gasteiger partial charge in [0.05, 0.1) is 26.3 Å². The summed E-state index contributed by atoms with van der Waals surface area (Å²) in [4.78, 5) is 16.7. The summed E-state index contributed by atoms with van der Waals surface area (Å²) in [5, 5.41) is 10.2. The van der Waals surface area contributed by atoms with E-state index in [1.807, 2.05) is 13.8 Å². The zero-order valence-electron chi connectivity index (χ0n) is 11.6. The number of phenolic OH excluding ortho intramolecular Hbond substituents is 1. The molecule has 0 fully saturated rings. The van der Waals surface area contributed by atoms with Crippen molar-refractivity contribution in [3.05, 3.63) is 44.3 Å². The molecule has 0 saturated heterocycles. The molecule has 1 aliphatic carbocycles. The maximum absolute atomic E-state index is 12.0. The minimum atomic E-state index is -0.636. The molecule has 1 heterocycles. The minimum Gasteiger partial charge on any atom is -0.505 e. The van der Waals surface area contributed by atoms with E-state index in [9.17, 15) is 9.90 Å². The van der Waals surface area contributed by atoms with Crippen LogP contribution in [0.3, 0.4) is 0 Å². The molecule has 2 aliphatic rings. The number of nitrogens with zero attached hydrogens (tertiary/aromatic N) is 1. The average Bonchev–Trinajstić information content (AvgIpc) is 2.45. The van der Waals surface area contributed by atoms with Crippen LogP contribution in [0.5, 0.6) is 5.75 Å². The molecular weight excluding hydrogens is 345 g/mol. The molecule has 22 heavy (non-hydrogen) atoms. The van der Waals surface area contributed by atoms with Gasteiger partial charge in [-0.05, 0) is 23.8 Å². The molecule has 7 heteroatoms. The lowest BCUT2D eigenvalue weighted by molar-refractivity contribution is -0.110. The topological polar surface area (TPSA) is 69.9 Å². The van der Waals surface area contributed by atoms with Crippen LogP contribution in [0.2, 0.25) is 10.0 Å². The number of carbonyl (C=O) groups excluding carboxylic acids is 1. The second kappa shape index (κ2) is 5.13. The van der Waals surface area contributed by atoms with Crippen molar-refractivity contribution in [2.45, 2.75) is 19.3 Å². The largest absolute Gasteiger partial charge is 0.505 e. The molecule has 0 spiro atoms. The molecule has 0 bridgehead atoms. The van der Waals surface area contributed by atoms with Gasteiger partial charge < -0.3 is 9.66 Å². The Morgan fingerprint density at radius 2 is 1.95 bits per heavy atom. The molecule has 3 rings (SSSR count). The fraction of sp³-hybridized carbons (Fsp3) is 0.200. The summed E-state index contributed by atoms with van der Waals surface area (Å²) in [5.74, 6) is -0.481. The van der Waals surface area contributed by atoms with Gasteiger partial charge in [0.1, 0.15) is 0 Å². The summed E-state index contributed by atoms with van der Waals surface area (Å²) < 4.78 is 9.17. The van der Waals surface area contributed by atoms with Gasteiger partial charge in [-0.3, -0.25) is 4.79 Å². The Morgan fingerprint density at radius 1 is 1.27 bits per heavy atom. The van der Waals surface area contributed by atoms with Gasteiger partial charge in [0.25, 0.3) is 0 Å². The molecule has 1 aromatic rings. The van der Waals surface area contributed by atoms with E-state index in [0.29, 0.717) is 34.6 Å². The summed E-state index contributed by atoms with van der Waals surface area (Å²) in [7, 11) is 0. The third kappa shape index (κ3) is 2.12. The lowest BCUT2D eigenvalue weighted by Crippen LogP contribution is -2.31. The fourth-order valence-electron chi connectivity index (χ4n) is 2.76. The first-order valence-corrected chi connectivity index (χ1v) is 7.90. The zero-order valence-corrected chi connectivity index (χ0v) is 14.0. The Morgan fingerprint density at radius 3 is 2.59 bits per heavy atom. The number of benzene rings is 1. The van der Waals surface area contributed by atoms with Crippen LogP contribution in [-0.4, -0.2) is 21.2 Å². The van der Waals surface area contributed by atoms with Crippen molar-refractivity contribution in [3.8, 4) is 5.75 Å². The number of aliphatic imine (C=N–C) groups is 1. The average molecular weight is 356 g/mol. The number of phenols is 1. The van der Waals surface area contributed by atoms with Crippen molar-refractivity contribution in [3.63, 3.8) is 0 Å². The number of hydrogen-bond acceptors (Lipinski definition) is 5. The fourth-order valence-corrected chi connectivity index (χ4v) is 3.75. The van der Waals surface area contributed by atoms with Crippen molar-refractivity contribution >= 4 is 52.4 Å². The highest BCUT2D eigenvalue weighted by Crippen LogP contribution is 2.51. The van der Waals surface area contributed by atoms with Crippen LogP contribution >= 0.6 is 35.2 Å². The zero-order chi connectivity index (χ0) is 16.2. The summed E-state index contributed by atoms with van der Waals surface area (Å²) >= 11 is 12.6. The number of aromatic hydroxyl groups is 1. The first kappa shape index (κ1) is 15.6. The molecule has 0 radical (unpaired) electrons. The predicted octanol–water partition coefficient (Wildman–Crippen LogP) is 4.66. The van der Waals surface area contributed by atoms with Gasteiger partial charge in [0.15, 0.2) is 11.5 Å². The molecule has 1 aliphatic heterocycles. The molecule has 0 amide bonds. The molecule has 0 atom stereocenters. The maximum Gasteiger partial charge on any atom is 0.194 e. The molecule has 0 saturated carbocycles. The molecule has 2 N–H and O–H groups in total. The van der Waals surface area contributed by atoms with E-state index in [2.05, 4.69) is 4.99 Å². The van der Waals surface area contributed by atoms with Crippen LogP contribution < -0.4 is 0 Å². The number of rotatable bonds is 1. The predicted molar refractivity (Wildman–Crippen MR) is 89.6 cm³/mol. The second-order valence-electron chi connectivity index (χ2n) is 5.56. The van der Waals surface area contributed by atoms with Crippen molar-refractivity contribution in [2.24, 2.45) is 4.99 Å². The van der Waals surface area contributed by atoms with Crippen molar-refractivity contribution in [1.82, 2.24) is 0 Å². The van der Waals surface area contributed by atoms with E-state index in [0.717, 1.165) is 0 Å². The van der Waals surface area contributed by atoms with E-state index in [-0.39, 0.29) is 26.5 Å². The van der Waals surface area contributed by atoms with Crippen LogP contribution in [0.4, 0.5) is 5.69 Å². The highest BCUT2D eigenvalue weighted by atomic mass is 35.5. The summed E-state index contributed by atoms with van der Waals surface area (Å²) in [6, 6.07) is 1.54. The van der Waals surface area contributed by atoms with Gasteiger partial charge in [-0.2, -0.15) is 0 Å². The third-order valence-corrected chi connectivity index (χ3v) is 5.04. The van der Waals surface area contributed by atoms with Crippen molar-refractivity contribution in [2.75, 3.05) is 0 Å². The Bertz CT molecular complexity index is 809. The van der Waals surface area contributed by atoms with Crippen LogP contribution in [0.15, 0.2) is 33.7 Å². The number of ketones is 1. The van der Waals surface area contributed by atoms with Gasteiger partial charge in [-0.15, -0.1) is 0 Å². The summed E-state index contributed by atoms with van der Waals surface area (Å²) in [6.45, 7) is 3.79. The lowest BCUT2D eigenvalue weighted by Gasteiger charge is -2.36. The highest BCUT2D eigenvalue weighted by molar-refractivity contribution is 7.98. The van der Waals surface area contributed by atoms with Gasteiger partial charge in [0.2, 0.25) is 0 Å². The standard InChI is InChI=1S/C15H11Cl2NO3S/c1-15(2)6-3-10(19)11(22-21)5-8(6)18-9-4-7(16)14(20)13(17)12(9)15/h3-5,20-21H,1-2H3. The Balaban J connectivity index is 2.34. The SMILES string of the molecule is CC1(C)C2=CC(=O)C(SO)=CC2=Nc2cc(Cl)c(O)c(Cl)c21. The highest BCUT2D eigenvalue weighted by Gasteiger charge is 2.39. The molecule has 0 aromatic heterocycles. The van der Waals surface area contributed by atoms with Crippen molar-refractivity contribution < 1.29 is 14.5 Å². The maximum atomic E-state index is 12.0.